The van der Waals surface area contributed by atoms with Crippen molar-refractivity contribution in [1.82, 2.24) is 20.1 Å². The lowest BCUT2D eigenvalue weighted by Gasteiger charge is -2.15. The van der Waals surface area contributed by atoms with Crippen molar-refractivity contribution < 1.29 is 4.79 Å². The number of amides is 1. The van der Waals surface area contributed by atoms with E-state index < -0.39 is 0 Å². The lowest BCUT2D eigenvalue weighted by Crippen LogP contribution is -2.29. The Kier molecular flexibility index (Phi) is 4.52. The van der Waals surface area contributed by atoms with Gasteiger partial charge in [-0.3, -0.25) is 4.79 Å². The van der Waals surface area contributed by atoms with Gasteiger partial charge in [0.05, 0.1) is 5.69 Å². The third-order valence-corrected chi connectivity index (χ3v) is 5.10. The van der Waals surface area contributed by atoms with E-state index in [0.29, 0.717) is 11.2 Å². The molecule has 0 saturated heterocycles. The third-order valence-electron chi connectivity index (χ3n) is 3.98. The fraction of sp³-hybridized carbons (Fsp3) is 0.211. The van der Waals surface area contributed by atoms with Gasteiger partial charge >= 0.3 is 0 Å². The highest BCUT2D eigenvalue weighted by Crippen LogP contribution is 2.34. The van der Waals surface area contributed by atoms with Crippen molar-refractivity contribution in [2.24, 2.45) is 0 Å². The highest BCUT2D eigenvalue weighted by molar-refractivity contribution is 8.00. The first-order valence-corrected chi connectivity index (χ1v) is 9.16. The summed E-state index contributed by atoms with van der Waals surface area (Å²) in [5.41, 5.74) is 1.90. The van der Waals surface area contributed by atoms with Crippen LogP contribution in [0.2, 0.25) is 0 Å². The number of para-hydroxylation sites is 1. The van der Waals surface area contributed by atoms with Gasteiger partial charge in [0.1, 0.15) is 11.6 Å². The van der Waals surface area contributed by atoms with E-state index in [-0.39, 0.29) is 11.2 Å². The molecule has 0 aliphatic heterocycles. The molecule has 4 rings (SSSR count). The molecule has 126 valence electrons. The Bertz CT molecular complexity index is 846. The summed E-state index contributed by atoms with van der Waals surface area (Å²) in [7, 11) is 0. The lowest BCUT2D eigenvalue weighted by atomic mass is 10.1. The summed E-state index contributed by atoms with van der Waals surface area (Å²) >= 11 is 1.38. The largest absolute Gasteiger partial charge is 0.352 e. The molecule has 6 heteroatoms. The normalized spacial score (nSPS) is 14.9. The number of hydrogen-bond donors (Lipinski definition) is 1. The van der Waals surface area contributed by atoms with Gasteiger partial charge in [0.15, 0.2) is 0 Å². The van der Waals surface area contributed by atoms with Crippen molar-refractivity contribution in [3.8, 4) is 5.69 Å². The molecule has 1 aliphatic carbocycles. The number of carbonyl (C=O) groups is 1. The molecule has 2 aromatic carbocycles. The number of hydrogen-bond acceptors (Lipinski definition) is 4. The van der Waals surface area contributed by atoms with Crippen LogP contribution in [0.25, 0.3) is 5.69 Å². The number of thioether (sulfide) groups is 1. The van der Waals surface area contributed by atoms with Crippen LogP contribution in [0.15, 0.2) is 72.1 Å². The van der Waals surface area contributed by atoms with E-state index in [1.807, 2.05) is 60.7 Å². The predicted octanol–water partition coefficient (Wildman–Crippen LogP) is 3.38. The van der Waals surface area contributed by atoms with E-state index in [2.05, 4.69) is 15.4 Å². The smallest absolute Gasteiger partial charge is 0.238 e. The second-order valence-corrected chi connectivity index (χ2v) is 7.07. The van der Waals surface area contributed by atoms with Gasteiger partial charge < -0.3 is 5.32 Å². The zero-order valence-electron chi connectivity index (χ0n) is 13.6. The van der Waals surface area contributed by atoms with Gasteiger partial charge in [-0.05, 0) is 30.5 Å². The molecule has 1 N–H and O–H groups in total. The molecular weight excluding hydrogens is 332 g/mol. The Balaban J connectivity index is 1.56. The van der Waals surface area contributed by atoms with Gasteiger partial charge in [-0.2, -0.15) is 0 Å². The van der Waals surface area contributed by atoms with Gasteiger partial charge in [-0.15, -0.1) is 5.10 Å². The van der Waals surface area contributed by atoms with Gasteiger partial charge in [0.25, 0.3) is 0 Å². The Morgan fingerprint density at radius 3 is 2.44 bits per heavy atom. The number of benzene rings is 2. The molecule has 3 aromatic rings. The van der Waals surface area contributed by atoms with Gasteiger partial charge in [-0.1, -0.05) is 60.3 Å². The van der Waals surface area contributed by atoms with Crippen LogP contribution < -0.4 is 5.32 Å². The molecule has 0 radical (unpaired) electrons. The van der Waals surface area contributed by atoms with Crippen molar-refractivity contribution >= 4 is 17.7 Å². The van der Waals surface area contributed by atoms with E-state index in [4.69, 9.17) is 0 Å². The maximum Gasteiger partial charge on any atom is 0.238 e. The van der Waals surface area contributed by atoms with Crippen LogP contribution in [0.5, 0.6) is 0 Å². The molecule has 1 unspecified atom stereocenters. The number of carbonyl (C=O) groups excluding carboxylic acids is 1. The van der Waals surface area contributed by atoms with Crippen LogP contribution >= 0.6 is 11.8 Å². The molecule has 1 fully saturated rings. The van der Waals surface area contributed by atoms with E-state index >= 15 is 0 Å². The second-order valence-electron chi connectivity index (χ2n) is 6.00. The molecule has 5 nitrogen and oxygen atoms in total. The van der Waals surface area contributed by atoms with E-state index in [1.165, 1.54) is 11.8 Å². The number of rotatable bonds is 6. The van der Waals surface area contributed by atoms with E-state index in [9.17, 15) is 4.79 Å². The van der Waals surface area contributed by atoms with Crippen LogP contribution in [0.4, 0.5) is 0 Å². The third kappa shape index (κ3) is 3.91. The average molecular weight is 350 g/mol. The monoisotopic (exact) mass is 350 g/mol. The molecule has 1 aromatic heterocycles. The number of nitrogens with one attached hydrogen (secondary N) is 1. The topological polar surface area (TPSA) is 59.8 Å². The van der Waals surface area contributed by atoms with Crippen molar-refractivity contribution in [1.29, 1.82) is 0 Å². The van der Waals surface area contributed by atoms with Gasteiger partial charge in [0, 0.05) is 6.04 Å². The molecule has 1 aliphatic rings. The quantitative estimate of drug-likeness (QED) is 0.693. The number of aromatic nitrogens is 3. The summed E-state index contributed by atoms with van der Waals surface area (Å²) < 4.78 is 1.73. The lowest BCUT2D eigenvalue weighted by molar-refractivity contribution is -0.120. The first-order valence-electron chi connectivity index (χ1n) is 8.29. The minimum Gasteiger partial charge on any atom is -0.352 e. The molecule has 25 heavy (non-hydrogen) atoms. The van der Waals surface area contributed by atoms with Gasteiger partial charge in [-0.25, -0.2) is 9.67 Å². The molecule has 1 atom stereocenters. The molecule has 0 bridgehead atoms. The van der Waals surface area contributed by atoms with Crippen LogP contribution in [0, 0.1) is 0 Å². The predicted molar refractivity (Wildman–Crippen MR) is 97.6 cm³/mol. The fourth-order valence-corrected chi connectivity index (χ4v) is 3.44. The van der Waals surface area contributed by atoms with Crippen LogP contribution in [-0.4, -0.2) is 26.7 Å². The summed E-state index contributed by atoms with van der Waals surface area (Å²) in [5.74, 6) is 0.0229. The standard InChI is InChI=1S/C19H18N4OS/c24-18(21-15-11-12-15)17(14-7-3-1-4-8-14)25-19-20-13-23(22-19)16-9-5-2-6-10-16/h1-10,13,15,17H,11-12H2,(H,21,24). The molecule has 1 amide bonds. The van der Waals surface area contributed by atoms with E-state index in [0.717, 1.165) is 24.1 Å². The van der Waals surface area contributed by atoms with E-state index in [1.54, 1.807) is 11.0 Å². The Hall–Kier alpha value is -2.60. The highest BCUT2D eigenvalue weighted by Gasteiger charge is 2.29. The molecule has 0 spiro atoms. The zero-order chi connectivity index (χ0) is 17.1. The summed E-state index contributed by atoms with van der Waals surface area (Å²) in [6, 6.07) is 19.9. The van der Waals surface area contributed by atoms with Crippen LogP contribution in [-0.2, 0) is 4.79 Å². The minimum absolute atomic E-state index is 0.0229. The molecular formula is C19H18N4OS. The maximum absolute atomic E-state index is 12.7. The Morgan fingerprint density at radius 1 is 1.08 bits per heavy atom. The van der Waals surface area contributed by atoms with Gasteiger partial charge in [0.2, 0.25) is 11.1 Å². The number of nitrogens with zero attached hydrogens (tertiary/aromatic N) is 3. The minimum atomic E-state index is -0.353. The maximum atomic E-state index is 12.7. The molecule has 1 saturated carbocycles. The van der Waals surface area contributed by atoms with Crippen molar-refractivity contribution in [3.05, 3.63) is 72.6 Å². The van der Waals surface area contributed by atoms with Crippen molar-refractivity contribution in [3.63, 3.8) is 0 Å². The Labute approximate surface area is 150 Å². The highest BCUT2D eigenvalue weighted by atomic mass is 32.2. The average Bonchev–Trinajstić information content (AvgIpc) is 3.35. The first-order chi connectivity index (χ1) is 12.3. The fourth-order valence-electron chi connectivity index (χ4n) is 2.52. The van der Waals surface area contributed by atoms with Crippen LogP contribution in [0.3, 0.4) is 0 Å². The summed E-state index contributed by atoms with van der Waals surface area (Å²) in [6.07, 6.45) is 3.82. The SMILES string of the molecule is O=C(NC1CC1)C(Sc1ncn(-c2ccccc2)n1)c1ccccc1. The molecule has 1 heterocycles. The Morgan fingerprint density at radius 2 is 1.76 bits per heavy atom. The zero-order valence-corrected chi connectivity index (χ0v) is 14.4. The van der Waals surface area contributed by atoms with Crippen molar-refractivity contribution in [2.45, 2.75) is 29.3 Å². The van der Waals surface area contributed by atoms with Crippen molar-refractivity contribution in [2.75, 3.05) is 0 Å². The summed E-state index contributed by atoms with van der Waals surface area (Å²) in [5, 5.41) is 7.83. The summed E-state index contributed by atoms with van der Waals surface area (Å²) in [6.45, 7) is 0. The van der Waals surface area contributed by atoms with Crippen LogP contribution in [0.1, 0.15) is 23.7 Å². The first kappa shape index (κ1) is 15.9. The summed E-state index contributed by atoms with van der Waals surface area (Å²) in [4.78, 5) is 17.1. The second kappa shape index (κ2) is 7.11.